The van der Waals surface area contributed by atoms with Crippen LogP contribution in [0.3, 0.4) is 0 Å². The van der Waals surface area contributed by atoms with E-state index in [1.165, 1.54) is 0 Å². The van der Waals surface area contributed by atoms with Crippen LogP contribution >= 0.6 is 0 Å². The number of nitrogens with one attached hydrogen (secondary N) is 1. The average molecular weight is 214 g/mol. The van der Waals surface area contributed by atoms with Crippen molar-refractivity contribution in [3.8, 4) is 5.75 Å². The van der Waals surface area contributed by atoms with Crippen molar-refractivity contribution in [1.82, 2.24) is 0 Å². The second kappa shape index (κ2) is 3.15. The number of benzene rings is 2. The van der Waals surface area contributed by atoms with Crippen LogP contribution in [0, 0.1) is 0 Å². The molecule has 1 aliphatic heterocycles. The molecule has 0 atom stereocenters. The van der Waals surface area contributed by atoms with Gasteiger partial charge in [-0.1, -0.05) is 18.2 Å². The summed E-state index contributed by atoms with van der Waals surface area (Å²) in [6.45, 7) is 0. The first kappa shape index (κ1) is 9.06. The van der Waals surface area contributed by atoms with Gasteiger partial charge in [0.25, 0.3) is 0 Å². The van der Waals surface area contributed by atoms with E-state index in [1.54, 1.807) is 24.3 Å². The van der Waals surface area contributed by atoms with Crippen LogP contribution in [0.25, 0.3) is 0 Å². The molecule has 3 N–H and O–H groups in total. The van der Waals surface area contributed by atoms with Crippen molar-refractivity contribution in [2.24, 2.45) is 0 Å². The molecule has 0 saturated carbocycles. The van der Waals surface area contributed by atoms with Gasteiger partial charge in [0.2, 0.25) is 0 Å². The lowest BCUT2D eigenvalue weighted by Gasteiger charge is -2.28. The molecule has 0 aliphatic carbocycles. The third-order valence-electron chi connectivity index (χ3n) is 2.64. The normalized spacial score (nSPS) is 12.7. The molecule has 1 heterocycles. The molecule has 0 unspecified atom stereocenters. The Bertz CT molecular complexity index is 554. The molecule has 4 heteroatoms. The summed E-state index contributed by atoms with van der Waals surface area (Å²) in [5.74, 6) is 0.117. The Morgan fingerprint density at radius 3 is 2.56 bits per heavy atom. The highest BCUT2D eigenvalue weighted by atomic mass is 16.5. The number of nitrogens with zero attached hydrogens (tertiary/aromatic N) is 1. The van der Waals surface area contributed by atoms with E-state index in [0.717, 1.165) is 10.8 Å². The van der Waals surface area contributed by atoms with Gasteiger partial charge in [0.15, 0.2) is 0 Å². The molecule has 2 aromatic rings. The minimum Gasteiger partial charge on any atom is -0.506 e. The first-order valence-corrected chi connectivity index (χ1v) is 4.94. The maximum atomic E-state index is 10.0. The first-order chi connectivity index (χ1) is 7.77. The fraction of sp³-hybridized carbons (Fsp3) is 0. The Labute approximate surface area is 92.3 Å². The van der Waals surface area contributed by atoms with Crippen LogP contribution in [0.5, 0.6) is 5.75 Å². The number of aromatic hydroxyl groups is 1. The van der Waals surface area contributed by atoms with Crippen LogP contribution in [-0.4, -0.2) is 10.3 Å². The van der Waals surface area contributed by atoms with Crippen molar-refractivity contribution >= 4 is 22.7 Å². The summed E-state index contributed by atoms with van der Waals surface area (Å²) in [7, 11) is 0. The largest absolute Gasteiger partial charge is 0.506 e. The molecule has 0 spiro atoms. The molecule has 1 aliphatic rings. The zero-order valence-corrected chi connectivity index (χ0v) is 8.38. The molecule has 4 nitrogen and oxygen atoms in total. The van der Waals surface area contributed by atoms with Crippen molar-refractivity contribution < 1.29 is 10.3 Å². The Kier molecular flexibility index (Phi) is 1.78. The number of fused-ring (bicyclic) bond motifs is 2. The maximum Gasteiger partial charge on any atom is 0.141 e. The number of anilines is 4. The predicted molar refractivity (Wildman–Crippen MR) is 61.8 cm³/mol. The van der Waals surface area contributed by atoms with Crippen LogP contribution in [-0.2, 0) is 0 Å². The Morgan fingerprint density at radius 2 is 1.69 bits per heavy atom. The highest BCUT2D eigenvalue weighted by Crippen LogP contribution is 2.45. The van der Waals surface area contributed by atoms with Crippen molar-refractivity contribution in [1.29, 1.82) is 0 Å². The Hall–Kier alpha value is -2.20. The van der Waals surface area contributed by atoms with Gasteiger partial charge in [-0.3, -0.25) is 5.21 Å². The van der Waals surface area contributed by atoms with Gasteiger partial charge in [-0.2, -0.15) is 0 Å². The highest BCUT2D eigenvalue weighted by molar-refractivity contribution is 5.92. The molecule has 0 fully saturated rings. The van der Waals surface area contributed by atoms with Crippen LogP contribution in [0.2, 0.25) is 0 Å². The molecular formula is C12H10N2O2. The summed E-state index contributed by atoms with van der Waals surface area (Å²) in [6.07, 6.45) is 0. The quantitative estimate of drug-likeness (QED) is 0.590. The van der Waals surface area contributed by atoms with E-state index in [-0.39, 0.29) is 5.75 Å². The monoisotopic (exact) mass is 214 g/mol. The standard InChI is InChI=1S/C12H10N2O2/c15-11-7-3-6-10-12(11)13-8-4-1-2-5-9(8)14(10)16/h1-7,13,15-16H. The summed E-state index contributed by atoms with van der Waals surface area (Å²) in [5.41, 5.74) is 2.49. The van der Waals surface area contributed by atoms with Gasteiger partial charge in [0.05, 0.1) is 17.1 Å². The molecular weight excluding hydrogens is 204 g/mol. The highest BCUT2D eigenvalue weighted by Gasteiger charge is 2.22. The van der Waals surface area contributed by atoms with Crippen molar-refractivity contribution in [3.05, 3.63) is 42.5 Å². The van der Waals surface area contributed by atoms with Gasteiger partial charge in [-0.25, -0.2) is 5.06 Å². The van der Waals surface area contributed by atoms with Gasteiger partial charge in [-0.15, -0.1) is 0 Å². The molecule has 0 amide bonds. The van der Waals surface area contributed by atoms with Crippen molar-refractivity contribution in [2.75, 3.05) is 10.4 Å². The van der Waals surface area contributed by atoms with E-state index in [0.29, 0.717) is 17.1 Å². The smallest absolute Gasteiger partial charge is 0.141 e. The lowest BCUT2D eigenvalue weighted by Crippen LogP contribution is -2.18. The van der Waals surface area contributed by atoms with E-state index in [4.69, 9.17) is 0 Å². The first-order valence-electron chi connectivity index (χ1n) is 4.94. The number of rotatable bonds is 0. The molecule has 0 saturated heterocycles. The van der Waals surface area contributed by atoms with E-state index in [2.05, 4.69) is 5.32 Å². The molecule has 80 valence electrons. The number of phenolic OH excluding ortho intramolecular Hbond substituents is 1. The van der Waals surface area contributed by atoms with E-state index in [1.807, 2.05) is 18.2 Å². The molecule has 16 heavy (non-hydrogen) atoms. The van der Waals surface area contributed by atoms with Gasteiger partial charge in [0, 0.05) is 0 Å². The molecule has 0 bridgehead atoms. The van der Waals surface area contributed by atoms with Crippen molar-refractivity contribution in [3.63, 3.8) is 0 Å². The second-order valence-corrected chi connectivity index (χ2v) is 3.63. The van der Waals surface area contributed by atoms with Gasteiger partial charge in [0.1, 0.15) is 11.4 Å². The zero-order chi connectivity index (χ0) is 11.1. The van der Waals surface area contributed by atoms with Gasteiger partial charge >= 0.3 is 0 Å². The maximum absolute atomic E-state index is 10.0. The van der Waals surface area contributed by atoms with Gasteiger partial charge in [-0.05, 0) is 24.3 Å². The minimum atomic E-state index is 0.117. The van der Waals surface area contributed by atoms with Crippen LogP contribution in [0.4, 0.5) is 22.7 Å². The van der Waals surface area contributed by atoms with Gasteiger partial charge < -0.3 is 10.4 Å². The molecule has 0 radical (unpaired) electrons. The molecule has 0 aromatic heterocycles. The zero-order valence-electron chi connectivity index (χ0n) is 8.38. The summed E-state index contributed by atoms with van der Waals surface area (Å²) in [6, 6.07) is 12.4. The summed E-state index contributed by atoms with van der Waals surface area (Å²) < 4.78 is 0. The predicted octanol–water partition coefficient (Wildman–Crippen LogP) is 2.98. The second-order valence-electron chi connectivity index (χ2n) is 3.63. The Balaban J connectivity index is 2.22. The lowest BCUT2D eigenvalue weighted by atomic mass is 10.1. The van der Waals surface area contributed by atoms with E-state index < -0.39 is 0 Å². The average Bonchev–Trinajstić information content (AvgIpc) is 2.31. The Morgan fingerprint density at radius 1 is 0.938 bits per heavy atom. The van der Waals surface area contributed by atoms with Crippen LogP contribution < -0.4 is 10.4 Å². The fourth-order valence-electron chi connectivity index (χ4n) is 1.86. The van der Waals surface area contributed by atoms with Crippen LogP contribution in [0.1, 0.15) is 0 Å². The lowest BCUT2D eigenvalue weighted by molar-refractivity contribution is 0.300. The van der Waals surface area contributed by atoms with Crippen LogP contribution in [0.15, 0.2) is 42.5 Å². The summed E-state index contributed by atoms with van der Waals surface area (Å²) in [4.78, 5) is 0. The van der Waals surface area contributed by atoms with E-state index in [9.17, 15) is 10.3 Å². The number of para-hydroxylation sites is 3. The fourth-order valence-corrected chi connectivity index (χ4v) is 1.86. The third kappa shape index (κ3) is 1.14. The van der Waals surface area contributed by atoms with E-state index >= 15 is 0 Å². The number of hydrogen-bond donors (Lipinski definition) is 3. The summed E-state index contributed by atoms with van der Waals surface area (Å²) >= 11 is 0. The summed E-state index contributed by atoms with van der Waals surface area (Å²) in [5, 5.41) is 23.9. The number of phenols is 1. The number of hydrogen-bond acceptors (Lipinski definition) is 4. The minimum absolute atomic E-state index is 0.117. The SMILES string of the molecule is Oc1cccc2c1Nc1ccccc1N2O. The topological polar surface area (TPSA) is 55.7 Å². The molecule has 2 aromatic carbocycles. The molecule has 3 rings (SSSR count). The van der Waals surface area contributed by atoms with Crippen molar-refractivity contribution in [2.45, 2.75) is 0 Å². The third-order valence-corrected chi connectivity index (χ3v) is 2.64.